The van der Waals surface area contributed by atoms with Crippen molar-refractivity contribution in [2.24, 2.45) is 4.99 Å². The molecule has 1 aliphatic rings. The molecule has 0 unspecified atom stereocenters. The zero-order chi connectivity index (χ0) is 13.9. The minimum absolute atomic E-state index is 0. The standard InChI is InChI=1S/C13H12Cl2N4S.ClH/c14-8-2-3-10(15)9(6-8)11-7-20-13(18-11)19-12-16-4-1-5-17-12;/h2-3,6-7H,1,4-5H2,(H2,16,17,18,19);1H. The van der Waals surface area contributed by atoms with Gasteiger partial charge in [0.2, 0.25) is 0 Å². The second-order valence-corrected chi connectivity index (χ2v) is 6.00. The normalized spacial score (nSPS) is 13.9. The van der Waals surface area contributed by atoms with Crippen LogP contribution in [0.3, 0.4) is 0 Å². The summed E-state index contributed by atoms with van der Waals surface area (Å²) in [6.07, 6.45) is 1.06. The van der Waals surface area contributed by atoms with Gasteiger partial charge in [0.15, 0.2) is 11.1 Å². The highest BCUT2D eigenvalue weighted by atomic mass is 35.5. The first-order chi connectivity index (χ1) is 9.72. The number of halogens is 3. The molecule has 2 N–H and O–H groups in total. The average Bonchev–Trinajstić information content (AvgIpc) is 2.91. The fourth-order valence-corrected chi connectivity index (χ4v) is 2.96. The van der Waals surface area contributed by atoms with Gasteiger partial charge in [0, 0.05) is 29.1 Å². The first-order valence-corrected chi connectivity index (χ1v) is 7.82. The van der Waals surface area contributed by atoms with Crippen LogP contribution in [0.4, 0.5) is 5.13 Å². The van der Waals surface area contributed by atoms with Gasteiger partial charge in [-0.15, -0.1) is 23.7 Å². The number of guanidine groups is 1. The molecule has 0 bridgehead atoms. The van der Waals surface area contributed by atoms with Crippen molar-refractivity contribution in [1.82, 2.24) is 10.3 Å². The maximum atomic E-state index is 6.18. The molecule has 8 heteroatoms. The number of hydrogen-bond acceptors (Lipinski definition) is 5. The van der Waals surface area contributed by atoms with Crippen molar-refractivity contribution in [2.75, 3.05) is 18.4 Å². The molecule has 2 heterocycles. The number of aliphatic imine (C=N–C) groups is 1. The third kappa shape index (κ3) is 4.01. The summed E-state index contributed by atoms with van der Waals surface area (Å²) in [6.45, 7) is 1.78. The summed E-state index contributed by atoms with van der Waals surface area (Å²) in [5, 5.41) is 10.4. The highest BCUT2D eigenvalue weighted by molar-refractivity contribution is 7.14. The number of thiazole rings is 1. The lowest BCUT2D eigenvalue weighted by molar-refractivity contribution is 0.740. The summed E-state index contributed by atoms with van der Waals surface area (Å²) >= 11 is 13.7. The smallest absolute Gasteiger partial charge is 0.197 e. The fourth-order valence-electron chi connectivity index (χ4n) is 1.87. The zero-order valence-electron chi connectivity index (χ0n) is 10.9. The number of anilines is 1. The SMILES string of the molecule is Cl.Clc1ccc(Cl)c(-c2csc(NC3=NCCCN3)n2)c1. The highest BCUT2D eigenvalue weighted by Gasteiger charge is 2.11. The van der Waals surface area contributed by atoms with Crippen LogP contribution in [-0.2, 0) is 0 Å². The fraction of sp³-hybridized carbons (Fsp3) is 0.231. The molecule has 1 aliphatic heterocycles. The Kier molecular flexibility index (Phi) is 5.70. The lowest BCUT2D eigenvalue weighted by Crippen LogP contribution is -2.35. The molecule has 0 saturated carbocycles. The maximum absolute atomic E-state index is 6.18. The zero-order valence-corrected chi connectivity index (χ0v) is 14.0. The summed E-state index contributed by atoms with van der Waals surface area (Å²) in [6, 6.07) is 5.36. The summed E-state index contributed by atoms with van der Waals surface area (Å²) in [5.41, 5.74) is 1.64. The Labute approximate surface area is 143 Å². The Hall–Kier alpha value is -1.01. The summed E-state index contributed by atoms with van der Waals surface area (Å²) in [7, 11) is 0. The van der Waals surface area contributed by atoms with E-state index in [4.69, 9.17) is 23.2 Å². The maximum Gasteiger partial charge on any atom is 0.197 e. The van der Waals surface area contributed by atoms with Gasteiger partial charge in [0.25, 0.3) is 0 Å². The lowest BCUT2D eigenvalue weighted by atomic mass is 10.2. The number of nitrogens with one attached hydrogen (secondary N) is 2. The predicted octanol–water partition coefficient (Wildman–Crippen LogP) is 4.30. The van der Waals surface area contributed by atoms with Gasteiger partial charge in [-0.05, 0) is 24.6 Å². The molecular weight excluding hydrogens is 351 g/mol. The molecule has 0 radical (unpaired) electrons. The molecule has 0 atom stereocenters. The average molecular weight is 364 g/mol. The molecule has 0 saturated heterocycles. The van der Waals surface area contributed by atoms with Crippen LogP contribution in [0.15, 0.2) is 28.6 Å². The minimum Gasteiger partial charge on any atom is -0.356 e. The Morgan fingerprint density at radius 2 is 2.14 bits per heavy atom. The second kappa shape index (κ2) is 7.31. The summed E-state index contributed by atoms with van der Waals surface area (Å²) in [5.74, 6) is 0.773. The lowest BCUT2D eigenvalue weighted by Gasteiger charge is -2.14. The molecule has 1 aromatic heterocycles. The highest BCUT2D eigenvalue weighted by Crippen LogP contribution is 2.32. The van der Waals surface area contributed by atoms with Crippen molar-refractivity contribution >= 4 is 58.0 Å². The molecule has 0 aliphatic carbocycles. The van der Waals surface area contributed by atoms with Crippen LogP contribution in [0.2, 0.25) is 10.0 Å². The number of rotatable bonds is 2. The predicted molar refractivity (Wildman–Crippen MR) is 93.4 cm³/mol. The van der Waals surface area contributed by atoms with Crippen LogP contribution in [0, 0.1) is 0 Å². The van der Waals surface area contributed by atoms with E-state index in [0.29, 0.717) is 10.0 Å². The van der Waals surface area contributed by atoms with Crippen LogP contribution in [0.1, 0.15) is 6.42 Å². The molecule has 3 rings (SSSR count). The number of benzene rings is 1. The second-order valence-electron chi connectivity index (χ2n) is 4.30. The van der Waals surface area contributed by atoms with Gasteiger partial charge < -0.3 is 10.6 Å². The van der Waals surface area contributed by atoms with Crippen LogP contribution in [0.25, 0.3) is 11.3 Å². The Balaban J connectivity index is 0.00000161. The monoisotopic (exact) mass is 362 g/mol. The third-order valence-corrected chi connectivity index (χ3v) is 4.15. The third-order valence-electron chi connectivity index (χ3n) is 2.83. The van der Waals surface area contributed by atoms with E-state index in [2.05, 4.69) is 20.6 Å². The van der Waals surface area contributed by atoms with Crippen LogP contribution < -0.4 is 10.6 Å². The topological polar surface area (TPSA) is 49.3 Å². The van der Waals surface area contributed by atoms with Gasteiger partial charge in [0.05, 0.1) is 10.7 Å². The number of aromatic nitrogens is 1. The molecule has 0 spiro atoms. The quantitative estimate of drug-likeness (QED) is 0.836. The van der Waals surface area contributed by atoms with Crippen LogP contribution in [-0.4, -0.2) is 24.0 Å². The van der Waals surface area contributed by atoms with Gasteiger partial charge >= 0.3 is 0 Å². The van der Waals surface area contributed by atoms with Crippen LogP contribution in [0.5, 0.6) is 0 Å². The van der Waals surface area contributed by atoms with Crippen molar-refractivity contribution < 1.29 is 0 Å². The first kappa shape index (κ1) is 16.4. The van der Waals surface area contributed by atoms with Crippen molar-refractivity contribution in [1.29, 1.82) is 0 Å². The van der Waals surface area contributed by atoms with Gasteiger partial charge in [0.1, 0.15) is 0 Å². The molecule has 1 aromatic carbocycles. The van der Waals surface area contributed by atoms with Crippen molar-refractivity contribution in [3.05, 3.63) is 33.6 Å². The molecule has 112 valence electrons. The molecule has 0 amide bonds. The first-order valence-electron chi connectivity index (χ1n) is 6.19. The Morgan fingerprint density at radius 3 is 2.90 bits per heavy atom. The largest absolute Gasteiger partial charge is 0.356 e. The van der Waals surface area contributed by atoms with Gasteiger partial charge in [-0.2, -0.15) is 0 Å². The van der Waals surface area contributed by atoms with E-state index >= 15 is 0 Å². The van der Waals surface area contributed by atoms with E-state index in [9.17, 15) is 0 Å². The van der Waals surface area contributed by atoms with E-state index < -0.39 is 0 Å². The molecule has 2 aromatic rings. The molecular formula is C13H13Cl3N4S. The van der Waals surface area contributed by atoms with E-state index in [1.54, 1.807) is 12.1 Å². The van der Waals surface area contributed by atoms with Crippen molar-refractivity contribution in [3.63, 3.8) is 0 Å². The van der Waals surface area contributed by atoms with Crippen molar-refractivity contribution in [3.8, 4) is 11.3 Å². The number of hydrogen-bond donors (Lipinski definition) is 2. The molecule has 4 nitrogen and oxygen atoms in total. The van der Waals surface area contributed by atoms with E-state index in [-0.39, 0.29) is 12.4 Å². The molecule has 21 heavy (non-hydrogen) atoms. The summed E-state index contributed by atoms with van der Waals surface area (Å²) in [4.78, 5) is 8.87. The number of nitrogens with zero attached hydrogens (tertiary/aromatic N) is 2. The van der Waals surface area contributed by atoms with Gasteiger partial charge in [-0.25, -0.2) is 4.98 Å². The van der Waals surface area contributed by atoms with E-state index in [1.165, 1.54) is 11.3 Å². The Bertz CT molecular complexity index is 657. The van der Waals surface area contributed by atoms with Gasteiger partial charge in [-0.3, -0.25) is 4.99 Å². The van der Waals surface area contributed by atoms with E-state index in [1.807, 2.05) is 11.4 Å². The summed E-state index contributed by atoms with van der Waals surface area (Å²) < 4.78 is 0. The van der Waals surface area contributed by atoms with Crippen LogP contribution >= 0.6 is 46.9 Å². The van der Waals surface area contributed by atoms with E-state index in [0.717, 1.165) is 41.9 Å². The van der Waals surface area contributed by atoms with Gasteiger partial charge in [-0.1, -0.05) is 23.2 Å². The minimum atomic E-state index is 0. The molecule has 0 fully saturated rings. The van der Waals surface area contributed by atoms with Crippen molar-refractivity contribution in [2.45, 2.75) is 6.42 Å². The Morgan fingerprint density at radius 1 is 1.29 bits per heavy atom.